The number of hydrogen-bond donors (Lipinski definition) is 0. The van der Waals surface area contributed by atoms with Crippen LogP contribution in [0.4, 0.5) is 0 Å². The van der Waals surface area contributed by atoms with E-state index in [1.807, 2.05) is 6.92 Å². The van der Waals surface area contributed by atoms with Gasteiger partial charge in [0.1, 0.15) is 0 Å². The van der Waals surface area contributed by atoms with Crippen molar-refractivity contribution in [2.24, 2.45) is 0 Å². The van der Waals surface area contributed by atoms with E-state index in [0.717, 1.165) is 13.0 Å². The molecule has 78 valence electrons. The maximum Gasteiger partial charge on any atom is 0.333 e. The van der Waals surface area contributed by atoms with Crippen molar-refractivity contribution in [2.45, 2.75) is 45.6 Å². The number of unbranched alkanes of at least 4 members (excludes halogenated alkanes) is 3. The van der Waals surface area contributed by atoms with E-state index in [0.29, 0.717) is 6.61 Å². The number of hydrogen-bond acceptors (Lipinski definition) is 3. The molecule has 0 radical (unpaired) electrons. The molecule has 3 nitrogen and oxygen atoms in total. The maximum absolute atomic E-state index is 5.44. The molecule has 0 aromatic heterocycles. The molecule has 1 aliphatic rings. The van der Waals surface area contributed by atoms with Crippen LogP contribution in [0, 0.1) is 0 Å². The van der Waals surface area contributed by atoms with Gasteiger partial charge in [-0.2, -0.15) is 0 Å². The Morgan fingerprint density at radius 2 is 2.23 bits per heavy atom. The van der Waals surface area contributed by atoms with Crippen molar-refractivity contribution in [1.82, 2.24) is 0 Å². The van der Waals surface area contributed by atoms with Gasteiger partial charge in [0.25, 0.3) is 0 Å². The van der Waals surface area contributed by atoms with E-state index in [1.165, 1.54) is 19.3 Å². The zero-order valence-electron chi connectivity index (χ0n) is 8.49. The highest BCUT2D eigenvalue weighted by Gasteiger charge is 2.24. The standard InChI is InChI=1S/C9H19O3P/c1-3-4-5-6-7-10-13-11-8-9(2)12-13/h9H,3-8H2,1-2H3. The summed E-state index contributed by atoms with van der Waals surface area (Å²) in [5, 5.41) is 0. The van der Waals surface area contributed by atoms with Crippen molar-refractivity contribution in [3.8, 4) is 0 Å². The molecule has 2 unspecified atom stereocenters. The van der Waals surface area contributed by atoms with Gasteiger partial charge in [0.2, 0.25) is 0 Å². The molecule has 1 rings (SSSR count). The average molecular weight is 206 g/mol. The lowest BCUT2D eigenvalue weighted by Crippen LogP contribution is -1.99. The summed E-state index contributed by atoms with van der Waals surface area (Å²) in [6.07, 6.45) is 5.13. The van der Waals surface area contributed by atoms with Crippen LogP contribution in [0.25, 0.3) is 0 Å². The Balaban J connectivity index is 1.88. The molecule has 2 atom stereocenters. The Hall–Kier alpha value is 0.310. The van der Waals surface area contributed by atoms with E-state index >= 15 is 0 Å². The molecule has 0 aromatic carbocycles. The quantitative estimate of drug-likeness (QED) is 0.493. The van der Waals surface area contributed by atoms with Crippen LogP contribution in [0.3, 0.4) is 0 Å². The smallest absolute Gasteiger partial charge is 0.312 e. The van der Waals surface area contributed by atoms with Crippen molar-refractivity contribution in [1.29, 1.82) is 0 Å². The molecule has 1 fully saturated rings. The summed E-state index contributed by atoms with van der Waals surface area (Å²) < 4.78 is 16.1. The Bertz CT molecular complexity index is 132. The third-order valence-electron chi connectivity index (χ3n) is 1.88. The van der Waals surface area contributed by atoms with E-state index in [4.69, 9.17) is 13.6 Å². The second-order valence-corrected chi connectivity index (χ2v) is 4.50. The second-order valence-electron chi connectivity index (χ2n) is 3.33. The molecule has 1 aliphatic heterocycles. The van der Waals surface area contributed by atoms with Gasteiger partial charge in [-0.3, -0.25) is 0 Å². The first-order valence-corrected chi connectivity index (χ1v) is 6.15. The fourth-order valence-electron chi connectivity index (χ4n) is 1.11. The summed E-state index contributed by atoms with van der Waals surface area (Å²) in [6, 6.07) is 0. The first-order valence-electron chi connectivity index (χ1n) is 5.05. The lowest BCUT2D eigenvalue weighted by Gasteiger charge is -2.07. The monoisotopic (exact) mass is 206 g/mol. The van der Waals surface area contributed by atoms with Crippen LogP contribution in [0.2, 0.25) is 0 Å². The Morgan fingerprint density at radius 3 is 2.85 bits per heavy atom. The van der Waals surface area contributed by atoms with Gasteiger partial charge in [-0.25, -0.2) is 0 Å². The second kappa shape index (κ2) is 6.72. The molecule has 0 N–H and O–H groups in total. The predicted octanol–water partition coefficient (Wildman–Crippen LogP) is 3.25. The van der Waals surface area contributed by atoms with Crippen LogP contribution >= 0.6 is 8.60 Å². The van der Waals surface area contributed by atoms with Crippen LogP contribution in [0.15, 0.2) is 0 Å². The van der Waals surface area contributed by atoms with E-state index in [-0.39, 0.29) is 6.10 Å². The first kappa shape index (κ1) is 11.4. The summed E-state index contributed by atoms with van der Waals surface area (Å²) in [6.45, 7) is 5.66. The molecule has 0 amide bonds. The van der Waals surface area contributed by atoms with E-state index in [2.05, 4.69) is 6.92 Å². The fourth-order valence-corrected chi connectivity index (χ4v) is 2.27. The van der Waals surface area contributed by atoms with Gasteiger partial charge in [-0.05, 0) is 13.3 Å². The third kappa shape index (κ3) is 4.92. The van der Waals surface area contributed by atoms with Crippen LogP contribution in [0.1, 0.15) is 39.5 Å². The van der Waals surface area contributed by atoms with Crippen molar-refractivity contribution in [3.63, 3.8) is 0 Å². The lowest BCUT2D eigenvalue weighted by atomic mass is 10.2. The zero-order valence-corrected chi connectivity index (χ0v) is 9.39. The van der Waals surface area contributed by atoms with Crippen LogP contribution in [-0.4, -0.2) is 19.3 Å². The highest BCUT2D eigenvalue weighted by atomic mass is 31.2. The van der Waals surface area contributed by atoms with Crippen molar-refractivity contribution < 1.29 is 13.6 Å². The minimum absolute atomic E-state index is 0.210. The summed E-state index contributed by atoms with van der Waals surface area (Å²) in [4.78, 5) is 0. The van der Waals surface area contributed by atoms with Gasteiger partial charge in [-0.15, -0.1) is 0 Å². The van der Waals surface area contributed by atoms with E-state index < -0.39 is 8.60 Å². The van der Waals surface area contributed by atoms with Crippen LogP contribution in [0.5, 0.6) is 0 Å². The van der Waals surface area contributed by atoms with Crippen LogP contribution < -0.4 is 0 Å². The molecule has 0 aliphatic carbocycles. The first-order chi connectivity index (χ1) is 6.33. The summed E-state index contributed by atoms with van der Waals surface area (Å²) in [7, 11) is -1.01. The summed E-state index contributed by atoms with van der Waals surface area (Å²) >= 11 is 0. The van der Waals surface area contributed by atoms with Gasteiger partial charge in [0.15, 0.2) is 0 Å². The van der Waals surface area contributed by atoms with Crippen molar-refractivity contribution >= 4 is 8.60 Å². The van der Waals surface area contributed by atoms with Crippen LogP contribution in [-0.2, 0) is 13.6 Å². The molecule has 0 spiro atoms. The highest BCUT2D eigenvalue weighted by molar-refractivity contribution is 7.41. The summed E-state index contributed by atoms with van der Waals surface area (Å²) in [5.41, 5.74) is 0. The zero-order chi connectivity index (χ0) is 9.52. The molecule has 1 heterocycles. The van der Waals surface area contributed by atoms with Gasteiger partial charge in [0.05, 0.1) is 19.3 Å². The minimum Gasteiger partial charge on any atom is -0.312 e. The molecule has 1 saturated heterocycles. The Kier molecular flexibility index (Phi) is 5.88. The molecule has 13 heavy (non-hydrogen) atoms. The van der Waals surface area contributed by atoms with E-state index in [1.54, 1.807) is 0 Å². The largest absolute Gasteiger partial charge is 0.333 e. The fraction of sp³-hybridized carbons (Fsp3) is 1.00. The van der Waals surface area contributed by atoms with Gasteiger partial charge in [-0.1, -0.05) is 26.2 Å². The van der Waals surface area contributed by atoms with Crippen molar-refractivity contribution in [2.75, 3.05) is 13.2 Å². The third-order valence-corrected chi connectivity index (χ3v) is 3.16. The van der Waals surface area contributed by atoms with Gasteiger partial charge < -0.3 is 13.6 Å². The normalized spacial score (nSPS) is 28.2. The predicted molar refractivity (Wildman–Crippen MR) is 53.5 cm³/mol. The Morgan fingerprint density at radius 1 is 1.38 bits per heavy atom. The lowest BCUT2D eigenvalue weighted by molar-refractivity contribution is 0.223. The molecule has 4 heteroatoms. The highest BCUT2D eigenvalue weighted by Crippen LogP contribution is 2.46. The number of rotatable bonds is 6. The minimum atomic E-state index is -1.01. The summed E-state index contributed by atoms with van der Waals surface area (Å²) in [5.74, 6) is 0. The topological polar surface area (TPSA) is 27.7 Å². The molecule has 0 aromatic rings. The molecular weight excluding hydrogens is 187 g/mol. The molecular formula is C9H19O3P. The average Bonchev–Trinajstić information content (AvgIpc) is 2.51. The van der Waals surface area contributed by atoms with Crippen molar-refractivity contribution in [3.05, 3.63) is 0 Å². The molecule has 0 bridgehead atoms. The van der Waals surface area contributed by atoms with E-state index in [9.17, 15) is 0 Å². The maximum atomic E-state index is 5.44. The van der Waals surface area contributed by atoms with Gasteiger partial charge in [0, 0.05) is 0 Å². The van der Waals surface area contributed by atoms with Gasteiger partial charge >= 0.3 is 8.60 Å². The SMILES string of the molecule is CCCCCCOP1OCC(C)O1. The molecule has 0 saturated carbocycles. The Labute approximate surface area is 81.8 Å².